The van der Waals surface area contributed by atoms with Crippen molar-refractivity contribution in [1.29, 1.82) is 0 Å². The van der Waals surface area contributed by atoms with Crippen molar-refractivity contribution < 1.29 is 18.7 Å². The van der Waals surface area contributed by atoms with Crippen LogP contribution in [0, 0.1) is 23.6 Å². The molecule has 0 unspecified atom stereocenters. The highest BCUT2D eigenvalue weighted by atomic mass is 19.1. The van der Waals surface area contributed by atoms with Crippen molar-refractivity contribution in [3.63, 3.8) is 0 Å². The van der Waals surface area contributed by atoms with Crippen molar-refractivity contribution in [3.8, 4) is 23.3 Å². The van der Waals surface area contributed by atoms with Gasteiger partial charge in [0.1, 0.15) is 22.7 Å². The molecule has 1 amide bonds. The molecule has 0 aliphatic carbocycles. The summed E-state index contributed by atoms with van der Waals surface area (Å²) in [7, 11) is 1.69. The molecule has 1 aliphatic heterocycles. The minimum Gasteiger partial charge on any atom is -0.453 e. The minimum atomic E-state index is -0.842. The van der Waals surface area contributed by atoms with Crippen LogP contribution >= 0.6 is 0 Å². The van der Waals surface area contributed by atoms with Crippen LogP contribution in [0.15, 0.2) is 46.2 Å². The Bertz CT molecular complexity index is 1580. The molecule has 2 aromatic heterocycles. The Morgan fingerprint density at radius 1 is 1.24 bits per heavy atom. The zero-order valence-corrected chi connectivity index (χ0v) is 23.2. The molecule has 1 fully saturated rings. The number of carbonyl (C=O) groups is 1. The monoisotopic (exact) mass is 564 g/mol. The summed E-state index contributed by atoms with van der Waals surface area (Å²) < 4.78 is 27.2. The van der Waals surface area contributed by atoms with Crippen molar-refractivity contribution in [2.75, 3.05) is 44.4 Å². The Morgan fingerprint density at radius 3 is 2.68 bits per heavy atom. The topological polar surface area (TPSA) is 145 Å². The van der Waals surface area contributed by atoms with Gasteiger partial charge in [-0.3, -0.25) is 19.1 Å². The van der Waals surface area contributed by atoms with E-state index in [4.69, 9.17) is 15.2 Å². The van der Waals surface area contributed by atoms with Gasteiger partial charge in [0.05, 0.1) is 6.61 Å². The number of nitrogens with two attached hydrogens (primary N) is 1. The maximum absolute atomic E-state index is 15.0. The van der Waals surface area contributed by atoms with E-state index < -0.39 is 23.0 Å². The molecule has 1 aromatic carbocycles. The summed E-state index contributed by atoms with van der Waals surface area (Å²) in [4.78, 5) is 45.4. The molecule has 0 radical (unpaired) electrons. The average Bonchev–Trinajstić information content (AvgIpc) is 2.93. The molecular weight excluding hydrogens is 531 g/mol. The number of hydrogen-bond acceptors (Lipinski definition) is 8. The molecule has 3 aromatic rings. The maximum Gasteiger partial charge on any atom is 0.328 e. The van der Waals surface area contributed by atoms with Gasteiger partial charge in [0, 0.05) is 55.8 Å². The highest BCUT2D eigenvalue weighted by Gasteiger charge is 2.19. The van der Waals surface area contributed by atoms with Crippen LogP contribution in [0.2, 0.25) is 0 Å². The van der Waals surface area contributed by atoms with E-state index in [0.29, 0.717) is 12.2 Å². The van der Waals surface area contributed by atoms with Gasteiger partial charge in [-0.15, -0.1) is 0 Å². The number of aromatic amines is 1. The second-order valence-electron chi connectivity index (χ2n) is 9.95. The van der Waals surface area contributed by atoms with Gasteiger partial charge in [0.15, 0.2) is 11.6 Å². The number of amides is 1. The van der Waals surface area contributed by atoms with Crippen LogP contribution < -0.4 is 27.0 Å². The molecule has 1 aliphatic rings. The highest BCUT2D eigenvalue weighted by molar-refractivity contribution is 6.03. The molecule has 11 nitrogen and oxygen atoms in total. The first-order valence-corrected chi connectivity index (χ1v) is 13.3. The van der Waals surface area contributed by atoms with Crippen LogP contribution in [-0.4, -0.2) is 58.7 Å². The number of aromatic nitrogens is 3. The Kier molecular flexibility index (Phi) is 9.54. The number of halogens is 1. The number of anilines is 2. The van der Waals surface area contributed by atoms with Gasteiger partial charge in [-0.1, -0.05) is 11.8 Å². The molecule has 1 saturated heterocycles. The van der Waals surface area contributed by atoms with Crippen LogP contribution in [0.25, 0.3) is 0 Å². The summed E-state index contributed by atoms with van der Waals surface area (Å²) in [5, 5.41) is 2.48. The summed E-state index contributed by atoms with van der Waals surface area (Å²) in [6, 6.07) is 5.10. The maximum atomic E-state index is 15.0. The van der Waals surface area contributed by atoms with E-state index in [0.717, 1.165) is 38.5 Å². The highest BCUT2D eigenvalue weighted by Crippen LogP contribution is 2.31. The van der Waals surface area contributed by atoms with Gasteiger partial charge in [-0.25, -0.2) is 14.2 Å². The molecule has 0 saturated carbocycles. The number of methoxy groups -OCH3 is 1. The van der Waals surface area contributed by atoms with Crippen LogP contribution in [0.1, 0.15) is 48.7 Å². The Balaban J connectivity index is 1.47. The SMILES string of the molecule is COCCN1CCC(C#Cc2c(Oc3ccc(NC(=O)c4cn(C(C)C)c(=O)[nH]c4=O)cc3F)ccnc2N)CC1. The second kappa shape index (κ2) is 13.3. The molecule has 0 bridgehead atoms. The average molecular weight is 565 g/mol. The first kappa shape index (κ1) is 29.5. The normalized spacial score (nSPS) is 14.0. The van der Waals surface area contributed by atoms with E-state index in [1.165, 1.54) is 29.1 Å². The number of nitrogens with zero attached hydrogens (tertiary/aromatic N) is 3. The first-order chi connectivity index (χ1) is 19.7. The van der Waals surface area contributed by atoms with E-state index in [9.17, 15) is 14.4 Å². The van der Waals surface area contributed by atoms with Crippen LogP contribution in [0.4, 0.5) is 15.9 Å². The molecule has 0 atom stereocenters. The van der Waals surface area contributed by atoms with Crippen molar-refractivity contribution in [2.45, 2.75) is 32.7 Å². The number of nitrogen functional groups attached to an aromatic ring is 1. The van der Waals surface area contributed by atoms with Gasteiger partial charge in [0.25, 0.3) is 11.5 Å². The van der Waals surface area contributed by atoms with Crippen molar-refractivity contribution in [3.05, 3.63) is 74.4 Å². The minimum absolute atomic E-state index is 0.0904. The zero-order valence-electron chi connectivity index (χ0n) is 23.2. The Hall–Kier alpha value is -4.47. The Morgan fingerprint density at radius 2 is 2.00 bits per heavy atom. The number of likely N-dealkylation sites (tertiary alicyclic amines) is 1. The number of hydrogen-bond donors (Lipinski definition) is 3. The van der Waals surface area contributed by atoms with Crippen molar-refractivity contribution in [2.24, 2.45) is 5.92 Å². The molecule has 3 heterocycles. The van der Waals surface area contributed by atoms with Gasteiger partial charge in [-0.2, -0.15) is 0 Å². The van der Waals surface area contributed by atoms with Crippen LogP contribution in [0.5, 0.6) is 11.5 Å². The van der Waals surface area contributed by atoms with E-state index in [1.54, 1.807) is 27.0 Å². The molecule has 216 valence electrons. The number of ether oxygens (including phenoxy) is 2. The third kappa shape index (κ3) is 7.39. The molecule has 41 heavy (non-hydrogen) atoms. The molecule has 4 N–H and O–H groups in total. The zero-order chi connectivity index (χ0) is 29.5. The lowest BCUT2D eigenvalue weighted by molar-refractivity contribution is 0.102. The van der Waals surface area contributed by atoms with Gasteiger partial charge in [-0.05, 0) is 51.9 Å². The lowest BCUT2D eigenvalue weighted by atomic mass is 9.97. The van der Waals surface area contributed by atoms with Crippen molar-refractivity contribution in [1.82, 2.24) is 19.4 Å². The fraction of sp³-hybridized carbons (Fsp3) is 0.379. The molecule has 0 spiro atoms. The van der Waals surface area contributed by atoms with Crippen LogP contribution in [-0.2, 0) is 4.74 Å². The van der Waals surface area contributed by atoms with E-state index in [-0.39, 0.29) is 40.5 Å². The smallest absolute Gasteiger partial charge is 0.328 e. The standard InChI is InChI=1S/C29H33FN6O5/c1-18(2)36-17-22(28(38)34-29(36)39)27(37)33-20-5-7-25(23(30)16-20)41-24-8-11-32-26(31)21(24)6-4-19-9-12-35(13-10-19)14-15-40-3/h5,7-8,11,16-19H,9-10,12-15H2,1-3H3,(H2,31,32)(H,33,37)(H,34,38,39). The summed E-state index contributed by atoms with van der Waals surface area (Å²) in [5.74, 6) is 5.28. The summed E-state index contributed by atoms with van der Waals surface area (Å²) in [6.07, 6.45) is 4.46. The van der Waals surface area contributed by atoms with E-state index in [2.05, 4.69) is 32.0 Å². The number of piperidine rings is 1. The lowest BCUT2D eigenvalue weighted by Crippen LogP contribution is -2.35. The second-order valence-corrected chi connectivity index (χ2v) is 9.95. The summed E-state index contributed by atoms with van der Waals surface area (Å²) in [6.45, 7) is 6.91. The quantitative estimate of drug-likeness (QED) is 0.354. The third-order valence-electron chi connectivity index (χ3n) is 6.72. The largest absolute Gasteiger partial charge is 0.453 e. The first-order valence-electron chi connectivity index (χ1n) is 13.3. The number of H-pyrrole nitrogens is 1. The fourth-order valence-corrected chi connectivity index (χ4v) is 4.37. The van der Waals surface area contributed by atoms with Crippen molar-refractivity contribution >= 4 is 17.4 Å². The van der Waals surface area contributed by atoms with E-state index >= 15 is 4.39 Å². The molecule has 12 heteroatoms. The lowest BCUT2D eigenvalue weighted by Gasteiger charge is -2.29. The van der Waals surface area contributed by atoms with E-state index in [1.807, 2.05) is 0 Å². The van der Waals surface area contributed by atoms with Crippen LogP contribution in [0.3, 0.4) is 0 Å². The number of benzene rings is 1. The number of carbonyl (C=O) groups excluding carboxylic acids is 1. The Labute approximate surface area is 236 Å². The summed E-state index contributed by atoms with van der Waals surface area (Å²) >= 11 is 0. The fourth-order valence-electron chi connectivity index (χ4n) is 4.37. The predicted molar refractivity (Wildman–Crippen MR) is 153 cm³/mol. The summed E-state index contributed by atoms with van der Waals surface area (Å²) in [5.41, 5.74) is 4.79. The van der Waals surface area contributed by atoms with Gasteiger partial charge >= 0.3 is 5.69 Å². The number of rotatable bonds is 8. The van der Waals surface area contributed by atoms with Gasteiger partial charge < -0.3 is 25.4 Å². The van der Waals surface area contributed by atoms with Gasteiger partial charge in [0.2, 0.25) is 0 Å². The third-order valence-corrected chi connectivity index (χ3v) is 6.72. The molecular formula is C29H33FN6O5. The number of nitrogens with one attached hydrogen (secondary N) is 2. The number of pyridine rings is 1. The predicted octanol–water partition coefficient (Wildman–Crippen LogP) is 2.99. The molecule has 4 rings (SSSR count).